The maximum Gasteiger partial charge on any atom is 0.257 e. The Morgan fingerprint density at radius 3 is 2.58 bits per heavy atom. The molecule has 0 radical (unpaired) electrons. The van der Waals surface area contributed by atoms with Gasteiger partial charge in [0.15, 0.2) is 0 Å². The van der Waals surface area contributed by atoms with Gasteiger partial charge >= 0.3 is 0 Å². The summed E-state index contributed by atoms with van der Waals surface area (Å²) in [5.74, 6) is -0.304. The van der Waals surface area contributed by atoms with Crippen LogP contribution >= 0.6 is 23.2 Å². The second-order valence-corrected chi connectivity index (χ2v) is 8.92. The van der Waals surface area contributed by atoms with Crippen LogP contribution in [-0.4, -0.2) is 41.4 Å². The molecule has 6 nitrogen and oxygen atoms in total. The average Bonchev–Trinajstić information content (AvgIpc) is 3.02. The van der Waals surface area contributed by atoms with Gasteiger partial charge in [0.1, 0.15) is 5.66 Å². The molecule has 8 heteroatoms. The SMILES string of the molecule is CC12CCC(=O)N1c1ccccc1C(=O)N2CCC(=O)NCCc1cc(Cl)cc(Cl)c1. The molecule has 31 heavy (non-hydrogen) atoms. The van der Waals surface area contributed by atoms with Gasteiger partial charge in [-0.15, -0.1) is 0 Å². The molecule has 0 saturated carbocycles. The summed E-state index contributed by atoms with van der Waals surface area (Å²) in [6.45, 7) is 2.57. The smallest absolute Gasteiger partial charge is 0.257 e. The molecule has 4 rings (SSSR count). The quantitative estimate of drug-likeness (QED) is 0.708. The summed E-state index contributed by atoms with van der Waals surface area (Å²) in [4.78, 5) is 41.6. The number of anilines is 1. The van der Waals surface area contributed by atoms with E-state index in [-0.39, 0.29) is 30.7 Å². The van der Waals surface area contributed by atoms with Crippen LogP contribution in [0.3, 0.4) is 0 Å². The molecule has 2 heterocycles. The van der Waals surface area contributed by atoms with E-state index in [4.69, 9.17) is 23.2 Å². The number of carbonyl (C=O) groups is 3. The summed E-state index contributed by atoms with van der Waals surface area (Å²) in [7, 11) is 0. The Morgan fingerprint density at radius 2 is 1.84 bits per heavy atom. The third-order valence-electron chi connectivity index (χ3n) is 5.97. The molecule has 1 atom stereocenters. The minimum atomic E-state index is -0.750. The van der Waals surface area contributed by atoms with Crippen LogP contribution < -0.4 is 10.2 Å². The highest BCUT2D eigenvalue weighted by molar-refractivity contribution is 6.34. The number of halogens is 2. The van der Waals surface area contributed by atoms with Crippen LogP contribution in [0.25, 0.3) is 0 Å². The van der Waals surface area contributed by atoms with Crippen molar-refractivity contribution in [3.63, 3.8) is 0 Å². The number of hydrogen-bond acceptors (Lipinski definition) is 3. The summed E-state index contributed by atoms with van der Waals surface area (Å²) >= 11 is 12.0. The minimum Gasteiger partial charge on any atom is -0.356 e. The average molecular weight is 460 g/mol. The zero-order valence-electron chi connectivity index (χ0n) is 17.2. The third-order valence-corrected chi connectivity index (χ3v) is 6.40. The number of nitrogens with one attached hydrogen (secondary N) is 1. The van der Waals surface area contributed by atoms with Crippen LogP contribution in [0.4, 0.5) is 5.69 Å². The molecule has 2 aromatic carbocycles. The number of rotatable bonds is 6. The van der Waals surface area contributed by atoms with Crippen LogP contribution in [-0.2, 0) is 16.0 Å². The molecule has 0 bridgehead atoms. The Hall–Kier alpha value is -2.57. The maximum absolute atomic E-state index is 13.2. The van der Waals surface area contributed by atoms with Crippen LogP contribution in [0.15, 0.2) is 42.5 Å². The molecule has 162 valence electrons. The number of para-hydroxylation sites is 1. The van der Waals surface area contributed by atoms with E-state index in [1.165, 1.54) is 0 Å². The first-order valence-electron chi connectivity index (χ1n) is 10.3. The highest BCUT2D eigenvalue weighted by Gasteiger charge is 2.52. The molecule has 2 aromatic rings. The Morgan fingerprint density at radius 1 is 1.13 bits per heavy atom. The van der Waals surface area contributed by atoms with Gasteiger partial charge in [0, 0.05) is 36.0 Å². The summed E-state index contributed by atoms with van der Waals surface area (Å²) in [6, 6.07) is 12.4. The number of carbonyl (C=O) groups excluding carboxylic acids is 3. The van der Waals surface area contributed by atoms with Crippen molar-refractivity contribution in [1.29, 1.82) is 0 Å². The van der Waals surface area contributed by atoms with Crippen LogP contribution in [0.1, 0.15) is 42.1 Å². The predicted molar refractivity (Wildman–Crippen MR) is 120 cm³/mol. The normalized spacial score (nSPS) is 20.0. The molecule has 1 unspecified atom stereocenters. The van der Waals surface area contributed by atoms with Crippen molar-refractivity contribution < 1.29 is 14.4 Å². The maximum atomic E-state index is 13.2. The monoisotopic (exact) mass is 459 g/mol. The molecule has 2 aliphatic rings. The van der Waals surface area contributed by atoms with Gasteiger partial charge in [-0.05, 0) is 55.7 Å². The fourth-order valence-electron chi connectivity index (χ4n) is 4.44. The van der Waals surface area contributed by atoms with Gasteiger partial charge < -0.3 is 10.2 Å². The molecular weight excluding hydrogens is 437 g/mol. The van der Waals surface area contributed by atoms with Gasteiger partial charge in [-0.2, -0.15) is 0 Å². The van der Waals surface area contributed by atoms with Crippen molar-refractivity contribution in [3.05, 3.63) is 63.6 Å². The second-order valence-electron chi connectivity index (χ2n) is 8.05. The topological polar surface area (TPSA) is 69.7 Å². The first kappa shape index (κ1) is 21.7. The first-order valence-corrected chi connectivity index (χ1v) is 11.0. The molecule has 3 amide bonds. The lowest BCUT2D eigenvalue weighted by atomic mass is 9.98. The van der Waals surface area contributed by atoms with Crippen molar-refractivity contribution in [3.8, 4) is 0 Å². The fourth-order valence-corrected chi connectivity index (χ4v) is 5.02. The van der Waals surface area contributed by atoms with E-state index in [1.807, 2.05) is 25.1 Å². The molecule has 1 fully saturated rings. The molecular formula is C23H23Cl2N3O3. The van der Waals surface area contributed by atoms with Gasteiger partial charge in [0.05, 0.1) is 11.3 Å². The van der Waals surface area contributed by atoms with Gasteiger partial charge in [0.2, 0.25) is 11.8 Å². The van der Waals surface area contributed by atoms with Gasteiger partial charge in [0.25, 0.3) is 5.91 Å². The van der Waals surface area contributed by atoms with Crippen LogP contribution in [0.5, 0.6) is 0 Å². The van der Waals surface area contributed by atoms with Gasteiger partial charge in [-0.25, -0.2) is 0 Å². The Labute approximate surface area is 191 Å². The van der Waals surface area contributed by atoms with Crippen molar-refractivity contribution in [2.45, 2.75) is 38.3 Å². The van der Waals surface area contributed by atoms with Crippen molar-refractivity contribution in [1.82, 2.24) is 10.2 Å². The van der Waals surface area contributed by atoms with E-state index in [0.717, 1.165) is 5.56 Å². The number of benzene rings is 2. The number of hydrogen-bond donors (Lipinski definition) is 1. The summed E-state index contributed by atoms with van der Waals surface area (Å²) in [6.07, 6.45) is 1.68. The number of fused-ring (bicyclic) bond motifs is 3. The lowest BCUT2D eigenvalue weighted by molar-refractivity contribution is -0.121. The fraction of sp³-hybridized carbons (Fsp3) is 0.348. The van der Waals surface area contributed by atoms with Gasteiger partial charge in [-0.1, -0.05) is 35.3 Å². The molecule has 1 N–H and O–H groups in total. The van der Waals surface area contributed by atoms with E-state index in [1.54, 1.807) is 34.1 Å². The van der Waals surface area contributed by atoms with Crippen molar-refractivity contribution >= 4 is 46.6 Å². The Balaban J connectivity index is 1.40. The van der Waals surface area contributed by atoms with Crippen molar-refractivity contribution in [2.75, 3.05) is 18.0 Å². The third kappa shape index (κ3) is 4.14. The molecule has 1 saturated heterocycles. The summed E-state index contributed by atoms with van der Waals surface area (Å²) in [5, 5.41) is 4.00. The number of nitrogens with zero attached hydrogens (tertiary/aromatic N) is 2. The molecule has 2 aliphatic heterocycles. The van der Waals surface area contributed by atoms with E-state index < -0.39 is 5.66 Å². The first-order chi connectivity index (χ1) is 14.8. The summed E-state index contributed by atoms with van der Waals surface area (Å²) in [5.41, 5.74) is 1.33. The molecule has 0 spiro atoms. The van der Waals surface area contributed by atoms with Crippen LogP contribution in [0, 0.1) is 0 Å². The Kier molecular flexibility index (Phi) is 5.95. The Bertz CT molecular complexity index is 1040. The zero-order chi connectivity index (χ0) is 22.2. The second kappa shape index (κ2) is 8.52. The largest absolute Gasteiger partial charge is 0.356 e. The van der Waals surface area contributed by atoms with Crippen LogP contribution in [0.2, 0.25) is 10.0 Å². The minimum absolute atomic E-state index is 0.00270. The van der Waals surface area contributed by atoms with E-state index in [0.29, 0.717) is 47.1 Å². The number of amides is 3. The predicted octanol–water partition coefficient (Wildman–Crippen LogP) is 4.04. The highest BCUT2D eigenvalue weighted by Crippen LogP contribution is 2.43. The zero-order valence-corrected chi connectivity index (χ0v) is 18.7. The lowest BCUT2D eigenvalue weighted by Crippen LogP contribution is -2.62. The van der Waals surface area contributed by atoms with E-state index >= 15 is 0 Å². The molecule has 0 aromatic heterocycles. The lowest BCUT2D eigenvalue weighted by Gasteiger charge is -2.48. The van der Waals surface area contributed by atoms with E-state index in [9.17, 15) is 14.4 Å². The summed E-state index contributed by atoms with van der Waals surface area (Å²) < 4.78 is 0. The van der Waals surface area contributed by atoms with E-state index in [2.05, 4.69) is 5.32 Å². The van der Waals surface area contributed by atoms with Gasteiger partial charge in [-0.3, -0.25) is 19.3 Å². The van der Waals surface area contributed by atoms with Crippen molar-refractivity contribution in [2.24, 2.45) is 0 Å². The molecule has 0 aliphatic carbocycles. The standard InChI is InChI=1S/C23H23Cl2N3O3/c1-23-9-6-21(30)28(23)19-5-3-2-4-18(19)22(31)27(23)11-8-20(29)26-10-7-15-12-16(24)14-17(25)13-15/h2-5,12-14H,6-11H2,1H3,(H,26,29). The highest BCUT2D eigenvalue weighted by atomic mass is 35.5.